The first kappa shape index (κ1) is 19.7. The van der Waals surface area contributed by atoms with E-state index in [9.17, 15) is 19.2 Å². The number of hydrogen-bond acceptors (Lipinski definition) is 6. The molecule has 0 unspecified atom stereocenters. The molecule has 9 heteroatoms. The molecule has 1 heterocycles. The normalized spacial score (nSPS) is 11.1. The average Bonchev–Trinajstić information content (AvgIpc) is 3.18. The topological polar surface area (TPSA) is 127 Å². The Labute approximate surface area is 155 Å². The minimum absolute atomic E-state index is 0.106. The number of amides is 4. The van der Waals surface area contributed by atoms with Gasteiger partial charge in [0.25, 0.3) is 11.8 Å². The van der Waals surface area contributed by atoms with Crippen LogP contribution in [0.2, 0.25) is 0 Å². The van der Waals surface area contributed by atoms with E-state index in [1.54, 1.807) is 42.5 Å². The van der Waals surface area contributed by atoms with Crippen LogP contribution in [0, 0.1) is 0 Å². The largest absolute Gasteiger partial charge is 0.467 e. The second-order valence-electron chi connectivity index (χ2n) is 5.48. The predicted octanol–water partition coefficient (Wildman–Crippen LogP) is 0.967. The van der Waals surface area contributed by atoms with Gasteiger partial charge in [-0.3, -0.25) is 14.9 Å². The van der Waals surface area contributed by atoms with Crippen LogP contribution < -0.4 is 16.0 Å². The monoisotopic (exact) mass is 373 g/mol. The molecule has 1 atom stereocenters. The van der Waals surface area contributed by atoms with E-state index in [4.69, 9.17) is 9.15 Å². The van der Waals surface area contributed by atoms with Crippen LogP contribution in [0.4, 0.5) is 4.79 Å². The van der Waals surface area contributed by atoms with Gasteiger partial charge in [0.2, 0.25) is 0 Å². The molecule has 0 radical (unpaired) electrons. The first-order valence-corrected chi connectivity index (χ1v) is 8.08. The molecule has 0 spiro atoms. The number of benzene rings is 1. The fraction of sp³-hybridized carbons (Fsp3) is 0.222. The van der Waals surface area contributed by atoms with E-state index in [1.807, 2.05) is 5.32 Å². The molecule has 0 aliphatic rings. The molecule has 0 aliphatic heterocycles. The number of ether oxygens (including phenoxy) is 1. The molecule has 9 nitrogen and oxygen atoms in total. The van der Waals surface area contributed by atoms with Gasteiger partial charge in [0, 0.05) is 5.56 Å². The van der Waals surface area contributed by atoms with Gasteiger partial charge in [-0.25, -0.2) is 9.59 Å². The molecule has 1 aromatic heterocycles. The summed E-state index contributed by atoms with van der Waals surface area (Å²) in [6, 6.07) is 9.96. The lowest BCUT2D eigenvalue weighted by Gasteiger charge is -2.13. The highest BCUT2D eigenvalue weighted by Crippen LogP contribution is 2.00. The number of hydrogen-bond donors (Lipinski definition) is 3. The first-order valence-electron chi connectivity index (χ1n) is 8.08. The van der Waals surface area contributed by atoms with Crippen LogP contribution in [0.15, 0.2) is 53.1 Å². The van der Waals surface area contributed by atoms with E-state index in [2.05, 4.69) is 10.6 Å². The summed E-state index contributed by atoms with van der Waals surface area (Å²) in [6.07, 6.45) is 1.46. The Kier molecular flexibility index (Phi) is 7.12. The minimum atomic E-state index is -0.960. The average molecular weight is 373 g/mol. The first-order chi connectivity index (χ1) is 13.0. The third kappa shape index (κ3) is 6.65. The van der Waals surface area contributed by atoms with Crippen molar-refractivity contribution < 1.29 is 28.3 Å². The van der Waals surface area contributed by atoms with Crippen LogP contribution in [0.25, 0.3) is 0 Å². The molecule has 3 N–H and O–H groups in total. The molecule has 0 bridgehead atoms. The van der Waals surface area contributed by atoms with E-state index in [-0.39, 0.29) is 6.54 Å². The van der Waals surface area contributed by atoms with Gasteiger partial charge in [0.1, 0.15) is 11.8 Å². The molecular formula is C18H19N3O6. The van der Waals surface area contributed by atoms with Gasteiger partial charge in [0.05, 0.1) is 12.8 Å². The van der Waals surface area contributed by atoms with Crippen molar-refractivity contribution in [2.45, 2.75) is 19.5 Å². The van der Waals surface area contributed by atoms with E-state index in [0.29, 0.717) is 11.3 Å². The summed E-state index contributed by atoms with van der Waals surface area (Å²) in [4.78, 5) is 47.0. The lowest BCUT2D eigenvalue weighted by molar-refractivity contribution is -0.149. The molecule has 4 amide bonds. The second kappa shape index (κ2) is 9.76. The molecule has 2 aromatic rings. The third-order valence-electron chi connectivity index (χ3n) is 3.34. The van der Waals surface area contributed by atoms with Gasteiger partial charge in [-0.15, -0.1) is 0 Å². The molecule has 0 saturated carbocycles. The fourth-order valence-corrected chi connectivity index (χ4v) is 1.98. The summed E-state index contributed by atoms with van der Waals surface area (Å²) >= 11 is 0. The van der Waals surface area contributed by atoms with Crippen molar-refractivity contribution in [3.63, 3.8) is 0 Å². The standard InChI is InChI=1S/C18H19N3O6/c1-12(20-16(23)13-6-3-2-4-7-13)17(24)27-11-15(22)21-18(25)19-10-14-8-5-9-26-14/h2-9,12H,10-11H2,1H3,(H,20,23)(H2,19,21,22,25)/t12-/m1/s1. The highest BCUT2D eigenvalue weighted by Gasteiger charge is 2.19. The highest BCUT2D eigenvalue weighted by atomic mass is 16.5. The van der Waals surface area contributed by atoms with Crippen molar-refractivity contribution in [2.75, 3.05) is 6.61 Å². The Morgan fingerprint density at radius 1 is 1.07 bits per heavy atom. The molecule has 0 aliphatic carbocycles. The number of carbonyl (C=O) groups excluding carboxylic acids is 4. The zero-order chi connectivity index (χ0) is 19.6. The zero-order valence-electron chi connectivity index (χ0n) is 14.6. The molecule has 2 rings (SSSR count). The van der Waals surface area contributed by atoms with E-state index >= 15 is 0 Å². The summed E-state index contributed by atoms with van der Waals surface area (Å²) in [5.41, 5.74) is 0.392. The zero-order valence-corrected chi connectivity index (χ0v) is 14.6. The van der Waals surface area contributed by atoms with Crippen LogP contribution in [0.3, 0.4) is 0 Å². The second-order valence-corrected chi connectivity index (χ2v) is 5.48. The predicted molar refractivity (Wildman–Crippen MR) is 93.4 cm³/mol. The Morgan fingerprint density at radius 2 is 1.81 bits per heavy atom. The summed E-state index contributed by atoms with van der Waals surface area (Å²) in [5, 5.41) is 6.88. The number of nitrogens with one attached hydrogen (secondary N) is 3. The summed E-state index contributed by atoms with van der Waals surface area (Å²) in [6.45, 7) is 0.879. The maximum absolute atomic E-state index is 12.0. The van der Waals surface area contributed by atoms with Gasteiger partial charge in [0.15, 0.2) is 6.61 Å². The molecule has 142 valence electrons. The van der Waals surface area contributed by atoms with Gasteiger partial charge < -0.3 is 19.8 Å². The Bertz CT molecular complexity index is 789. The van der Waals surface area contributed by atoms with Gasteiger partial charge >= 0.3 is 12.0 Å². The number of carbonyl (C=O) groups is 4. The van der Waals surface area contributed by atoms with Crippen molar-refractivity contribution in [3.8, 4) is 0 Å². The molecular weight excluding hydrogens is 354 g/mol. The maximum atomic E-state index is 12.0. The molecule has 0 saturated heterocycles. The van der Waals surface area contributed by atoms with Crippen molar-refractivity contribution in [2.24, 2.45) is 0 Å². The summed E-state index contributed by atoms with van der Waals surface area (Å²) in [5.74, 6) is -1.53. The van der Waals surface area contributed by atoms with E-state index in [0.717, 1.165) is 0 Å². The third-order valence-corrected chi connectivity index (χ3v) is 3.34. The lowest BCUT2D eigenvalue weighted by atomic mass is 10.2. The van der Waals surface area contributed by atoms with E-state index < -0.39 is 36.5 Å². The Morgan fingerprint density at radius 3 is 2.48 bits per heavy atom. The number of esters is 1. The Hall–Kier alpha value is -3.62. The van der Waals surface area contributed by atoms with Crippen molar-refractivity contribution >= 4 is 23.8 Å². The smallest absolute Gasteiger partial charge is 0.328 e. The van der Waals surface area contributed by atoms with Crippen molar-refractivity contribution in [3.05, 3.63) is 60.1 Å². The van der Waals surface area contributed by atoms with Gasteiger partial charge in [-0.05, 0) is 31.2 Å². The number of rotatable bonds is 7. The van der Waals surface area contributed by atoms with Gasteiger partial charge in [-0.1, -0.05) is 18.2 Å². The van der Waals surface area contributed by atoms with Crippen LogP contribution in [-0.2, 0) is 20.9 Å². The quantitative estimate of drug-likeness (QED) is 0.621. The fourth-order valence-electron chi connectivity index (χ4n) is 1.98. The molecule has 27 heavy (non-hydrogen) atoms. The van der Waals surface area contributed by atoms with Crippen molar-refractivity contribution in [1.82, 2.24) is 16.0 Å². The van der Waals surface area contributed by atoms with Crippen LogP contribution >= 0.6 is 0 Å². The number of imide groups is 1. The Balaban J connectivity index is 1.68. The van der Waals surface area contributed by atoms with Gasteiger partial charge in [-0.2, -0.15) is 0 Å². The van der Waals surface area contributed by atoms with E-state index in [1.165, 1.54) is 13.2 Å². The number of furan rings is 1. The van der Waals surface area contributed by atoms with Crippen molar-refractivity contribution in [1.29, 1.82) is 0 Å². The van der Waals surface area contributed by atoms with Crippen LogP contribution in [0.5, 0.6) is 0 Å². The summed E-state index contributed by atoms with van der Waals surface area (Å²) in [7, 11) is 0. The van der Waals surface area contributed by atoms with Crippen LogP contribution in [-0.4, -0.2) is 36.5 Å². The van der Waals surface area contributed by atoms with Crippen LogP contribution in [0.1, 0.15) is 23.0 Å². The highest BCUT2D eigenvalue weighted by molar-refractivity contribution is 5.97. The molecule has 1 aromatic carbocycles. The maximum Gasteiger partial charge on any atom is 0.328 e. The minimum Gasteiger partial charge on any atom is -0.467 e. The lowest BCUT2D eigenvalue weighted by Crippen LogP contribution is -2.43. The summed E-state index contributed by atoms with van der Waals surface area (Å²) < 4.78 is 9.82. The SMILES string of the molecule is C[C@@H](NC(=O)c1ccccc1)C(=O)OCC(=O)NC(=O)NCc1ccco1. The number of urea groups is 1. The molecule has 0 fully saturated rings.